The molecular weight excluding hydrogens is 455 g/mol. The molecule has 6 nitrogen and oxygen atoms in total. The molecule has 1 aliphatic heterocycles. The molecule has 2 aliphatic rings. The van der Waals surface area contributed by atoms with Crippen LogP contribution in [0.4, 0.5) is 0 Å². The maximum absolute atomic E-state index is 5.45. The molecule has 1 unspecified atom stereocenters. The quantitative estimate of drug-likeness (QED) is 0.350. The highest BCUT2D eigenvalue weighted by molar-refractivity contribution is 14.0. The molecule has 154 valence electrons. The van der Waals surface area contributed by atoms with Crippen LogP contribution in [-0.4, -0.2) is 62.3 Å². The normalized spacial score (nSPS) is 20.7. The minimum Gasteiger partial charge on any atom is -0.469 e. The first kappa shape index (κ1) is 22.5. The number of nitrogens with zero attached hydrogens (tertiary/aromatic N) is 2. The first-order chi connectivity index (χ1) is 12.8. The minimum absolute atomic E-state index is 0. The van der Waals surface area contributed by atoms with Gasteiger partial charge in [-0.3, -0.25) is 9.89 Å². The molecular formula is C20H35IN4O2. The van der Waals surface area contributed by atoms with Gasteiger partial charge in [-0.15, -0.1) is 24.0 Å². The number of hydrogen-bond donors (Lipinski definition) is 2. The summed E-state index contributed by atoms with van der Waals surface area (Å²) in [6.45, 7) is 7.59. The van der Waals surface area contributed by atoms with Crippen LogP contribution in [0.3, 0.4) is 0 Å². The molecule has 3 rings (SSSR count). The van der Waals surface area contributed by atoms with Crippen molar-refractivity contribution in [2.24, 2.45) is 4.99 Å². The molecule has 1 aliphatic carbocycles. The van der Waals surface area contributed by atoms with Crippen LogP contribution < -0.4 is 10.6 Å². The Kier molecular flexibility index (Phi) is 10.5. The number of furan rings is 1. The summed E-state index contributed by atoms with van der Waals surface area (Å²) in [5, 5.41) is 7.16. The summed E-state index contributed by atoms with van der Waals surface area (Å²) in [4.78, 5) is 7.36. The van der Waals surface area contributed by atoms with Gasteiger partial charge in [-0.05, 0) is 31.9 Å². The van der Waals surface area contributed by atoms with Crippen LogP contribution in [0.15, 0.2) is 27.8 Å². The molecule has 1 atom stereocenters. The summed E-state index contributed by atoms with van der Waals surface area (Å²) in [6.07, 6.45) is 9.11. The van der Waals surface area contributed by atoms with Crippen LogP contribution in [0.5, 0.6) is 0 Å². The Bertz CT molecular complexity index is 526. The lowest BCUT2D eigenvalue weighted by Gasteiger charge is -2.31. The highest BCUT2D eigenvalue weighted by Crippen LogP contribution is 2.17. The fourth-order valence-electron chi connectivity index (χ4n) is 3.71. The van der Waals surface area contributed by atoms with Gasteiger partial charge < -0.3 is 19.8 Å². The summed E-state index contributed by atoms with van der Waals surface area (Å²) in [7, 11) is 0. The van der Waals surface area contributed by atoms with Crippen LogP contribution in [-0.2, 0) is 11.2 Å². The third-order valence-corrected chi connectivity index (χ3v) is 5.37. The van der Waals surface area contributed by atoms with E-state index in [-0.39, 0.29) is 24.0 Å². The Morgan fingerprint density at radius 2 is 2.04 bits per heavy atom. The highest BCUT2D eigenvalue weighted by atomic mass is 127. The van der Waals surface area contributed by atoms with E-state index >= 15 is 0 Å². The molecule has 1 aromatic rings. The van der Waals surface area contributed by atoms with Crippen molar-refractivity contribution in [3.05, 3.63) is 24.2 Å². The number of morpholine rings is 1. The van der Waals surface area contributed by atoms with Gasteiger partial charge in [-0.1, -0.05) is 19.3 Å². The fourth-order valence-corrected chi connectivity index (χ4v) is 3.71. The molecule has 7 heteroatoms. The highest BCUT2D eigenvalue weighted by Gasteiger charge is 2.18. The Balaban J connectivity index is 0.00000261. The topological polar surface area (TPSA) is 62.0 Å². The Hall–Kier alpha value is -0.800. The lowest BCUT2D eigenvalue weighted by molar-refractivity contribution is 0.0220. The van der Waals surface area contributed by atoms with E-state index in [1.54, 1.807) is 6.26 Å². The molecule has 27 heavy (non-hydrogen) atoms. The average molecular weight is 490 g/mol. The van der Waals surface area contributed by atoms with Gasteiger partial charge in [0, 0.05) is 38.1 Å². The van der Waals surface area contributed by atoms with E-state index in [0.717, 1.165) is 57.5 Å². The fraction of sp³-hybridized carbons (Fsp3) is 0.750. The number of ether oxygens (including phenoxy) is 1. The summed E-state index contributed by atoms with van der Waals surface area (Å²) in [6, 6.07) is 4.95. The standard InChI is InChI=1S/C20H34N4O2.HI/c1-17(24-11-14-25-15-12-24)16-22-20(23-18-6-3-2-4-7-18)21-10-9-19-8-5-13-26-19;/h5,8,13,17-18H,2-4,6-7,9-12,14-16H2,1H3,(H2,21,22,23);1H. The molecule has 1 saturated carbocycles. The molecule has 1 aromatic heterocycles. The second kappa shape index (κ2) is 12.6. The van der Waals surface area contributed by atoms with E-state index in [9.17, 15) is 0 Å². The number of hydrogen-bond acceptors (Lipinski definition) is 4. The Morgan fingerprint density at radius 1 is 1.26 bits per heavy atom. The minimum atomic E-state index is 0. The SMILES string of the molecule is CC(CN=C(NCCc1ccco1)NC1CCCCC1)N1CCOCC1.I. The van der Waals surface area contributed by atoms with Crippen molar-refractivity contribution in [3.8, 4) is 0 Å². The zero-order valence-corrected chi connectivity index (χ0v) is 18.8. The van der Waals surface area contributed by atoms with E-state index in [4.69, 9.17) is 14.1 Å². The van der Waals surface area contributed by atoms with Crippen molar-refractivity contribution in [3.63, 3.8) is 0 Å². The van der Waals surface area contributed by atoms with Gasteiger partial charge in [0.15, 0.2) is 5.96 Å². The number of aliphatic imine (C=N–C) groups is 1. The average Bonchev–Trinajstić information content (AvgIpc) is 3.21. The monoisotopic (exact) mass is 490 g/mol. The number of guanidine groups is 1. The third-order valence-electron chi connectivity index (χ3n) is 5.37. The van der Waals surface area contributed by atoms with Crippen LogP contribution in [0.25, 0.3) is 0 Å². The number of rotatable bonds is 7. The molecule has 2 heterocycles. The predicted molar refractivity (Wildman–Crippen MR) is 120 cm³/mol. The molecule has 2 fully saturated rings. The summed E-state index contributed by atoms with van der Waals surface area (Å²) >= 11 is 0. The van der Waals surface area contributed by atoms with Crippen LogP contribution in [0, 0.1) is 0 Å². The van der Waals surface area contributed by atoms with E-state index in [2.05, 4.69) is 22.5 Å². The smallest absolute Gasteiger partial charge is 0.191 e. The second-order valence-corrected chi connectivity index (χ2v) is 7.42. The van der Waals surface area contributed by atoms with Gasteiger partial charge in [-0.2, -0.15) is 0 Å². The first-order valence-electron chi connectivity index (χ1n) is 10.2. The van der Waals surface area contributed by atoms with Crippen molar-refractivity contribution in [1.29, 1.82) is 0 Å². The van der Waals surface area contributed by atoms with E-state index < -0.39 is 0 Å². The molecule has 0 radical (unpaired) electrons. The Labute approximate surface area is 180 Å². The van der Waals surface area contributed by atoms with Crippen LogP contribution in [0.1, 0.15) is 44.8 Å². The van der Waals surface area contributed by atoms with Crippen LogP contribution >= 0.6 is 24.0 Å². The summed E-state index contributed by atoms with van der Waals surface area (Å²) in [5.74, 6) is 1.96. The number of halogens is 1. The van der Waals surface area contributed by atoms with Crippen LogP contribution in [0.2, 0.25) is 0 Å². The molecule has 1 saturated heterocycles. The maximum Gasteiger partial charge on any atom is 0.191 e. The Morgan fingerprint density at radius 3 is 2.74 bits per heavy atom. The molecule has 0 amide bonds. The first-order valence-corrected chi connectivity index (χ1v) is 10.2. The second-order valence-electron chi connectivity index (χ2n) is 7.42. The summed E-state index contributed by atoms with van der Waals surface area (Å²) < 4.78 is 10.9. The predicted octanol–water partition coefficient (Wildman–Crippen LogP) is 3.03. The molecule has 0 spiro atoms. The lowest BCUT2D eigenvalue weighted by Crippen LogP contribution is -2.47. The van der Waals surface area contributed by atoms with Gasteiger partial charge in [-0.25, -0.2) is 0 Å². The van der Waals surface area contributed by atoms with Crippen molar-refractivity contribution in [2.45, 2.75) is 57.5 Å². The molecule has 0 aromatic carbocycles. The zero-order chi connectivity index (χ0) is 18.0. The van der Waals surface area contributed by atoms with E-state index in [0.29, 0.717) is 12.1 Å². The summed E-state index contributed by atoms with van der Waals surface area (Å²) in [5.41, 5.74) is 0. The van der Waals surface area contributed by atoms with E-state index in [1.165, 1.54) is 32.1 Å². The van der Waals surface area contributed by atoms with Crippen molar-refractivity contribution in [2.75, 3.05) is 39.4 Å². The van der Waals surface area contributed by atoms with Gasteiger partial charge >= 0.3 is 0 Å². The van der Waals surface area contributed by atoms with Gasteiger partial charge in [0.2, 0.25) is 0 Å². The molecule has 0 bridgehead atoms. The van der Waals surface area contributed by atoms with E-state index in [1.807, 2.05) is 12.1 Å². The zero-order valence-electron chi connectivity index (χ0n) is 16.5. The number of nitrogens with one attached hydrogen (secondary N) is 2. The van der Waals surface area contributed by atoms with Crippen molar-refractivity contribution in [1.82, 2.24) is 15.5 Å². The lowest BCUT2D eigenvalue weighted by atomic mass is 9.96. The van der Waals surface area contributed by atoms with Crippen molar-refractivity contribution >= 4 is 29.9 Å². The van der Waals surface area contributed by atoms with Gasteiger partial charge in [0.25, 0.3) is 0 Å². The van der Waals surface area contributed by atoms with Gasteiger partial charge in [0.05, 0.1) is 26.0 Å². The van der Waals surface area contributed by atoms with Gasteiger partial charge in [0.1, 0.15) is 5.76 Å². The maximum atomic E-state index is 5.45. The van der Waals surface area contributed by atoms with Crippen molar-refractivity contribution < 1.29 is 9.15 Å². The molecule has 2 N–H and O–H groups in total. The third kappa shape index (κ3) is 7.99. The largest absolute Gasteiger partial charge is 0.469 e.